The van der Waals surface area contributed by atoms with Crippen LogP contribution in [0.4, 0.5) is 0 Å². The van der Waals surface area contributed by atoms with Crippen LogP contribution in [0.25, 0.3) is 0 Å². The third-order valence-electron chi connectivity index (χ3n) is 5.10. The van der Waals surface area contributed by atoms with Crippen molar-refractivity contribution in [3.05, 3.63) is 0 Å². The Hall–Kier alpha value is -0.400. The fourth-order valence-corrected chi connectivity index (χ4v) is 4.24. The first kappa shape index (κ1) is 30.6. The third-order valence-corrected chi connectivity index (χ3v) is 6.57. The van der Waals surface area contributed by atoms with Crippen LogP contribution in [0.5, 0.6) is 0 Å². The van der Waals surface area contributed by atoms with Crippen LogP contribution in [0.15, 0.2) is 0 Å². The molecule has 4 unspecified atom stereocenters. The van der Waals surface area contributed by atoms with Gasteiger partial charge >= 0.3 is 15.5 Å². The van der Waals surface area contributed by atoms with Gasteiger partial charge in [0.15, 0.2) is 10.2 Å². The van der Waals surface area contributed by atoms with Crippen molar-refractivity contribution in [2.75, 3.05) is 6.67 Å². The molecule has 184 valence electrons. The van der Waals surface area contributed by atoms with Crippen molar-refractivity contribution >= 4 is 50.2 Å². The van der Waals surface area contributed by atoms with Gasteiger partial charge in [-0.15, -0.1) is 0 Å². The molecule has 0 amide bonds. The quantitative estimate of drug-likeness (QED) is 0.123. The van der Waals surface area contributed by atoms with Crippen LogP contribution in [0, 0.1) is 10.8 Å². The van der Waals surface area contributed by atoms with Crippen LogP contribution >= 0.6 is 39.9 Å². The summed E-state index contributed by atoms with van der Waals surface area (Å²) in [4.78, 5) is 21.9. The number of thiocarbonyl (C=S) groups is 2. The number of nitrogens with two attached hydrogens (primary N) is 4. The van der Waals surface area contributed by atoms with Crippen LogP contribution in [0.2, 0.25) is 0 Å². The lowest BCUT2D eigenvalue weighted by atomic mass is 9.87. The Morgan fingerprint density at radius 2 is 1.13 bits per heavy atom. The molecule has 4 atom stereocenters. The van der Waals surface area contributed by atoms with Crippen molar-refractivity contribution in [2.24, 2.45) is 33.3 Å². The van der Waals surface area contributed by atoms with E-state index in [0.29, 0.717) is 12.8 Å². The monoisotopic (exact) mass is 522 g/mol. The SMILES string of the molecule is CCC(C)(C)C(OP(N)(=O)O)N(CN(C(N)=S)C(OP(N)(=O)O)C(C)(C)CC)C(N)=S. The van der Waals surface area contributed by atoms with Crippen molar-refractivity contribution in [3.63, 3.8) is 0 Å². The maximum absolute atomic E-state index is 11.9. The minimum Gasteiger partial charge on any atom is -0.376 e. The average molecular weight is 523 g/mol. The van der Waals surface area contributed by atoms with Crippen molar-refractivity contribution in [2.45, 2.75) is 66.8 Å². The van der Waals surface area contributed by atoms with E-state index >= 15 is 0 Å². The second kappa shape index (κ2) is 11.1. The van der Waals surface area contributed by atoms with E-state index in [9.17, 15) is 18.9 Å². The van der Waals surface area contributed by atoms with E-state index in [1.54, 1.807) is 27.7 Å². The van der Waals surface area contributed by atoms with Crippen molar-refractivity contribution in [1.29, 1.82) is 0 Å². The van der Waals surface area contributed by atoms with Gasteiger partial charge in [0.05, 0.1) is 6.67 Å². The van der Waals surface area contributed by atoms with Crippen LogP contribution in [-0.4, -0.2) is 48.9 Å². The van der Waals surface area contributed by atoms with Crippen LogP contribution in [0.3, 0.4) is 0 Å². The molecule has 0 spiro atoms. The second-order valence-electron chi connectivity index (χ2n) is 8.49. The molecule has 31 heavy (non-hydrogen) atoms. The predicted octanol–water partition coefficient (Wildman–Crippen LogP) is 1.71. The van der Waals surface area contributed by atoms with Gasteiger partial charge in [-0.05, 0) is 37.3 Å². The van der Waals surface area contributed by atoms with Gasteiger partial charge in [-0.2, -0.15) is 0 Å². The molecule has 0 aromatic carbocycles. The van der Waals surface area contributed by atoms with Gasteiger partial charge in [-0.25, -0.2) is 20.1 Å². The molecule has 16 heteroatoms. The Morgan fingerprint density at radius 1 is 0.871 bits per heavy atom. The highest BCUT2D eigenvalue weighted by Gasteiger charge is 2.43. The minimum absolute atomic E-state index is 0.214. The van der Waals surface area contributed by atoms with Gasteiger partial charge in [0.25, 0.3) is 0 Å². The van der Waals surface area contributed by atoms with E-state index in [0.717, 1.165) is 0 Å². The molecule has 0 fully saturated rings. The van der Waals surface area contributed by atoms with E-state index in [4.69, 9.17) is 56.0 Å². The summed E-state index contributed by atoms with van der Waals surface area (Å²) >= 11 is 10.3. The molecule has 0 heterocycles. The Morgan fingerprint density at radius 3 is 1.29 bits per heavy atom. The van der Waals surface area contributed by atoms with Crippen LogP contribution in [0.1, 0.15) is 54.4 Å². The van der Waals surface area contributed by atoms with E-state index < -0.39 is 38.8 Å². The zero-order valence-electron chi connectivity index (χ0n) is 18.7. The number of hydrogen-bond donors (Lipinski definition) is 6. The summed E-state index contributed by atoms with van der Waals surface area (Å²) in [6.07, 6.45) is -1.37. The molecule has 0 aliphatic heterocycles. The standard InChI is InChI=1S/C15H36N6O6P2S2/c1-7-14(3,4)10(26-28(18,22)23)20(12(16)30)9-21(13(17)31)11(15(5,6)8-2)27-29(19,24)25/h10-11H,7-9H2,1-6H3,(H2,16,30)(H2,17,31)(H3,18,22,23)(H3,19,24,25). The average Bonchev–Trinajstić information content (AvgIpc) is 2.57. The normalized spacial score (nSPS) is 18.4. The molecule has 0 saturated carbocycles. The Balaban J connectivity index is 6.48. The summed E-state index contributed by atoms with van der Waals surface area (Å²) in [7, 11) is -8.93. The first-order chi connectivity index (χ1) is 13.7. The van der Waals surface area contributed by atoms with Crippen molar-refractivity contribution in [3.8, 4) is 0 Å². The molecule has 0 bridgehead atoms. The highest BCUT2D eigenvalue weighted by atomic mass is 32.1. The van der Waals surface area contributed by atoms with Gasteiger partial charge in [0, 0.05) is 10.8 Å². The van der Waals surface area contributed by atoms with Gasteiger partial charge < -0.3 is 31.1 Å². The summed E-state index contributed by atoms with van der Waals surface area (Å²) < 4.78 is 34.3. The summed E-state index contributed by atoms with van der Waals surface area (Å²) in [6.45, 7) is 10.4. The molecule has 0 aliphatic rings. The summed E-state index contributed by atoms with van der Waals surface area (Å²) in [5.41, 5.74) is 20.8. The largest absolute Gasteiger partial charge is 0.402 e. The van der Waals surface area contributed by atoms with E-state index in [1.807, 2.05) is 13.8 Å². The molecule has 0 aliphatic carbocycles. The molecular weight excluding hydrogens is 486 g/mol. The molecular formula is C15H36N6O6P2S2. The van der Waals surface area contributed by atoms with Crippen molar-refractivity contribution in [1.82, 2.24) is 9.80 Å². The molecule has 0 aromatic heterocycles. The number of nitrogens with zero attached hydrogens (tertiary/aromatic N) is 2. The fourth-order valence-electron chi connectivity index (χ4n) is 2.56. The van der Waals surface area contributed by atoms with Gasteiger partial charge in [-0.1, -0.05) is 41.5 Å². The lowest BCUT2D eigenvalue weighted by Gasteiger charge is -2.47. The lowest BCUT2D eigenvalue weighted by Crippen LogP contribution is -2.61. The first-order valence-corrected chi connectivity index (χ1v) is 13.5. The van der Waals surface area contributed by atoms with E-state index in [2.05, 4.69) is 0 Å². The maximum Gasteiger partial charge on any atom is 0.402 e. The Labute approximate surface area is 194 Å². The summed E-state index contributed by atoms with van der Waals surface area (Å²) in [6, 6.07) is 0. The smallest absolute Gasteiger partial charge is 0.376 e. The Bertz CT molecular complexity index is 684. The topological polar surface area (TPSA) is 204 Å². The van der Waals surface area contributed by atoms with Crippen molar-refractivity contribution < 1.29 is 28.0 Å². The summed E-state index contributed by atoms with van der Waals surface area (Å²) in [5.74, 6) is 0. The fraction of sp³-hybridized carbons (Fsp3) is 0.867. The lowest BCUT2D eigenvalue weighted by molar-refractivity contribution is -0.0824. The maximum atomic E-state index is 11.9. The molecule has 0 aromatic rings. The number of rotatable bonds is 12. The second-order valence-corrected chi connectivity index (χ2v) is 12.0. The third kappa shape index (κ3) is 9.95. The zero-order chi connectivity index (χ0) is 25.0. The van der Waals surface area contributed by atoms with E-state index in [1.165, 1.54) is 9.80 Å². The molecule has 0 radical (unpaired) electrons. The van der Waals surface area contributed by atoms with Gasteiger partial charge in [0.1, 0.15) is 12.5 Å². The molecule has 10 N–H and O–H groups in total. The van der Waals surface area contributed by atoms with Crippen LogP contribution < -0.4 is 22.5 Å². The highest BCUT2D eigenvalue weighted by Crippen LogP contribution is 2.44. The van der Waals surface area contributed by atoms with Gasteiger partial charge in [0.2, 0.25) is 0 Å². The van der Waals surface area contributed by atoms with E-state index in [-0.39, 0.29) is 16.9 Å². The van der Waals surface area contributed by atoms with Gasteiger partial charge in [-0.3, -0.25) is 9.05 Å². The predicted molar refractivity (Wildman–Crippen MR) is 128 cm³/mol. The zero-order valence-corrected chi connectivity index (χ0v) is 22.1. The van der Waals surface area contributed by atoms with Crippen LogP contribution in [-0.2, 0) is 18.2 Å². The Kier molecular flexibility index (Phi) is 11.0. The molecule has 0 saturated heterocycles. The molecule has 0 rings (SSSR count). The number of hydrogen-bond acceptors (Lipinski definition) is 6. The highest BCUT2D eigenvalue weighted by molar-refractivity contribution is 7.80. The first-order valence-electron chi connectivity index (χ1n) is 9.40. The summed E-state index contributed by atoms with van der Waals surface area (Å²) in [5, 5.41) is -0.427. The molecule has 12 nitrogen and oxygen atoms in total. The minimum atomic E-state index is -4.46.